The van der Waals surface area contributed by atoms with E-state index in [0.29, 0.717) is 5.92 Å². The van der Waals surface area contributed by atoms with Crippen molar-refractivity contribution in [3.8, 4) is 11.1 Å². The third-order valence-electron chi connectivity index (χ3n) is 10.2. The number of halogens is 2. The molecule has 0 saturated carbocycles. The summed E-state index contributed by atoms with van der Waals surface area (Å²) in [4.78, 5) is 0. The first kappa shape index (κ1) is 34.1. The molecule has 0 N–H and O–H groups in total. The maximum absolute atomic E-state index is 6.86. The number of benzene rings is 6. The Bertz CT molecular complexity index is 2600. The van der Waals surface area contributed by atoms with Gasteiger partial charge in [-0.3, -0.25) is 6.23 Å². The first-order valence-electron chi connectivity index (χ1n) is 17.7. The fraction of sp³-hybridized carbons (Fsp3) is 0.200. The Hall–Kier alpha value is -4.02. The van der Waals surface area contributed by atoms with Gasteiger partial charge in [-0.1, -0.05) is 107 Å². The van der Waals surface area contributed by atoms with Crippen molar-refractivity contribution in [1.29, 1.82) is 0 Å². The molecule has 0 bridgehead atoms. The Morgan fingerprint density at radius 2 is 1.04 bits per heavy atom. The van der Waals surface area contributed by atoms with E-state index in [9.17, 15) is 0 Å². The van der Waals surface area contributed by atoms with Gasteiger partial charge < -0.3 is 8.83 Å². The lowest BCUT2D eigenvalue weighted by Gasteiger charge is -2.21. The molecule has 0 atom stereocenters. The van der Waals surface area contributed by atoms with E-state index in [2.05, 4.69) is 203 Å². The highest BCUT2D eigenvalue weighted by atomic mass is 127. The molecule has 0 fully saturated rings. The molecule has 256 valence electrons. The van der Waals surface area contributed by atoms with E-state index in [1.54, 1.807) is 0 Å². The predicted octanol–water partition coefficient (Wildman–Crippen LogP) is 15.2. The topological polar surface area (TPSA) is 32.8 Å². The van der Waals surface area contributed by atoms with Crippen LogP contribution in [0.4, 0.5) is 22.7 Å². The second-order valence-electron chi connectivity index (χ2n) is 14.0. The molecule has 2 heterocycles. The van der Waals surface area contributed by atoms with Crippen molar-refractivity contribution in [3.05, 3.63) is 131 Å². The van der Waals surface area contributed by atoms with E-state index in [1.807, 2.05) is 0 Å². The molecule has 0 aliphatic heterocycles. The van der Waals surface area contributed by atoms with Gasteiger partial charge in [-0.05, 0) is 95.0 Å². The highest BCUT2D eigenvalue weighted by Gasteiger charge is 2.23. The van der Waals surface area contributed by atoms with Gasteiger partial charge in [0.2, 0.25) is 0 Å². The summed E-state index contributed by atoms with van der Waals surface area (Å²) >= 11 is 4.87. The molecular formula is C45H40I2N2O2. The van der Waals surface area contributed by atoms with E-state index < -0.39 is 0 Å². The standard InChI is InChI=1S/C45H40I2N2O2/c1-7-29-14-8-9-20-39(29)49(47)41-23-13-19-35-37-25-30(24-36(27(4)5)43(37)51-45(35)41)32-16-11-21-38(28(32)6)48(46)40-22-12-18-34-33-17-10-15-31(26(2)3)42(33)50-44(34)40/h8-27H,7H2,1-6H3. The van der Waals surface area contributed by atoms with Crippen molar-refractivity contribution in [1.82, 2.24) is 0 Å². The minimum Gasteiger partial charge on any atom is -0.454 e. The summed E-state index contributed by atoms with van der Waals surface area (Å²) in [5.41, 5.74) is 15.5. The van der Waals surface area contributed by atoms with Crippen molar-refractivity contribution in [2.24, 2.45) is 0 Å². The summed E-state index contributed by atoms with van der Waals surface area (Å²) in [6.07, 6.45) is 0.964. The number of hydrogen-bond donors (Lipinski definition) is 0. The van der Waals surface area contributed by atoms with Crippen LogP contribution in [0, 0.1) is 6.92 Å². The van der Waals surface area contributed by atoms with Gasteiger partial charge in [0, 0.05) is 21.5 Å². The van der Waals surface area contributed by atoms with Gasteiger partial charge in [-0.25, -0.2) is 0 Å². The van der Waals surface area contributed by atoms with Crippen LogP contribution >= 0.6 is 45.7 Å². The van der Waals surface area contributed by atoms with Crippen LogP contribution in [0.1, 0.15) is 68.7 Å². The molecule has 2 aromatic heterocycles. The van der Waals surface area contributed by atoms with Crippen molar-refractivity contribution in [3.63, 3.8) is 0 Å². The molecule has 0 aliphatic rings. The number of anilines is 4. The Kier molecular flexibility index (Phi) is 9.03. The van der Waals surface area contributed by atoms with Gasteiger partial charge in [-0.15, -0.1) is 0 Å². The Balaban J connectivity index is 1.26. The first-order chi connectivity index (χ1) is 24.7. The smallest absolute Gasteiger partial charge is 0.159 e. The van der Waals surface area contributed by atoms with Crippen molar-refractivity contribution in [2.75, 3.05) is 6.23 Å². The van der Waals surface area contributed by atoms with Gasteiger partial charge in [0.15, 0.2) is 11.2 Å². The van der Waals surface area contributed by atoms with Crippen LogP contribution in [0.15, 0.2) is 118 Å². The van der Waals surface area contributed by atoms with E-state index in [0.717, 1.165) is 62.0 Å². The maximum atomic E-state index is 6.86. The van der Waals surface area contributed by atoms with E-state index in [-0.39, 0.29) is 5.92 Å². The van der Waals surface area contributed by atoms with Gasteiger partial charge in [-0.2, -0.15) is 0 Å². The number of fused-ring (bicyclic) bond motifs is 6. The molecular weight excluding hydrogens is 854 g/mol. The van der Waals surface area contributed by atoms with Crippen LogP contribution in [0.3, 0.4) is 0 Å². The number of rotatable bonds is 8. The zero-order valence-electron chi connectivity index (χ0n) is 29.7. The lowest BCUT2D eigenvalue weighted by molar-refractivity contribution is 0.657. The molecule has 0 saturated heterocycles. The lowest BCUT2D eigenvalue weighted by Crippen LogP contribution is -2.04. The normalized spacial score (nSPS) is 12.0. The molecule has 8 rings (SSSR count). The highest BCUT2D eigenvalue weighted by Crippen LogP contribution is 2.46. The van der Waals surface area contributed by atoms with Gasteiger partial charge in [0.05, 0.1) is 68.5 Å². The molecule has 51 heavy (non-hydrogen) atoms. The monoisotopic (exact) mass is 894 g/mol. The summed E-state index contributed by atoms with van der Waals surface area (Å²) in [5.74, 6) is 0.650. The average molecular weight is 895 g/mol. The van der Waals surface area contributed by atoms with Gasteiger partial charge in [0.25, 0.3) is 0 Å². The number of nitrogens with zero attached hydrogens (tertiary/aromatic N) is 2. The van der Waals surface area contributed by atoms with Crippen molar-refractivity contribution >= 4 is 112 Å². The zero-order valence-corrected chi connectivity index (χ0v) is 34.0. The summed E-state index contributed by atoms with van der Waals surface area (Å²) < 4.78 is 18.1. The predicted molar refractivity (Wildman–Crippen MR) is 234 cm³/mol. The molecule has 8 aromatic rings. The summed E-state index contributed by atoms with van der Waals surface area (Å²) in [7, 11) is 0. The molecule has 0 unspecified atom stereocenters. The second kappa shape index (κ2) is 13.5. The lowest BCUT2D eigenvalue weighted by atomic mass is 9.92. The van der Waals surface area contributed by atoms with Crippen LogP contribution in [-0.4, -0.2) is 0 Å². The van der Waals surface area contributed by atoms with E-state index in [4.69, 9.17) is 8.83 Å². The fourth-order valence-electron chi connectivity index (χ4n) is 7.50. The molecule has 0 radical (unpaired) electrons. The molecule has 0 aliphatic carbocycles. The van der Waals surface area contributed by atoms with E-state index in [1.165, 1.54) is 44.5 Å². The highest BCUT2D eigenvalue weighted by molar-refractivity contribution is 14.1. The van der Waals surface area contributed by atoms with Crippen LogP contribution in [-0.2, 0) is 6.42 Å². The summed E-state index contributed by atoms with van der Waals surface area (Å²) in [6.45, 7) is 13.4. The largest absolute Gasteiger partial charge is 0.454 e. The second-order valence-corrected chi connectivity index (χ2v) is 15.9. The third kappa shape index (κ3) is 5.69. The molecule has 0 amide bonds. The average Bonchev–Trinajstić information content (AvgIpc) is 3.72. The van der Waals surface area contributed by atoms with Gasteiger partial charge >= 0.3 is 0 Å². The summed E-state index contributed by atoms with van der Waals surface area (Å²) in [6, 6.07) is 39.4. The van der Waals surface area contributed by atoms with Crippen LogP contribution in [0.25, 0.3) is 55.0 Å². The Morgan fingerprint density at radius 3 is 1.69 bits per heavy atom. The quantitative estimate of drug-likeness (QED) is 0.112. The van der Waals surface area contributed by atoms with Gasteiger partial charge in [0.1, 0.15) is 11.2 Å². The summed E-state index contributed by atoms with van der Waals surface area (Å²) in [5, 5.41) is 4.58. The SMILES string of the molecule is CCc1ccccc1N(I)c1cccc2c1oc1c(C(C)C)cc(-c3cccc(N(I)c4cccc5c4oc4c(C(C)C)cccc45)c3C)cc12. The van der Waals surface area contributed by atoms with E-state index >= 15 is 0 Å². The van der Waals surface area contributed by atoms with Crippen LogP contribution in [0.5, 0.6) is 0 Å². The minimum absolute atomic E-state index is 0.277. The fourth-order valence-corrected chi connectivity index (χ4v) is 9.25. The minimum atomic E-state index is 0.277. The molecule has 6 aromatic carbocycles. The zero-order chi connectivity index (χ0) is 35.6. The number of furan rings is 2. The molecule has 0 spiro atoms. The number of aryl methyl sites for hydroxylation is 1. The Labute approximate surface area is 327 Å². The molecule has 4 nitrogen and oxygen atoms in total. The maximum Gasteiger partial charge on any atom is 0.159 e. The van der Waals surface area contributed by atoms with Crippen molar-refractivity contribution < 1.29 is 8.83 Å². The Morgan fingerprint density at radius 1 is 0.529 bits per heavy atom. The van der Waals surface area contributed by atoms with Crippen LogP contribution < -0.4 is 6.23 Å². The van der Waals surface area contributed by atoms with Crippen molar-refractivity contribution in [2.45, 2.75) is 59.8 Å². The molecule has 6 heteroatoms. The third-order valence-corrected chi connectivity index (χ3v) is 12.3. The number of hydrogen-bond acceptors (Lipinski definition) is 4. The van der Waals surface area contributed by atoms with Crippen LogP contribution in [0.2, 0.25) is 0 Å². The first-order valence-corrected chi connectivity index (χ1v) is 19.6. The number of para-hydroxylation sites is 4.